The Hall–Kier alpha value is -1.62. The predicted molar refractivity (Wildman–Crippen MR) is 73.8 cm³/mol. The largest absolute Gasteiger partial charge is 0.374 e. The van der Waals surface area contributed by atoms with Gasteiger partial charge in [-0.25, -0.2) is 4.39 Å². The molecule has 2 rings (SSSR count). The van der Waals surface area contributed by atoms with Gasteiger partial charge < -0.3 is 16.0 Å². The maximum absolute atomic E-state index is 13.7. The van der Waals surface area contributed by atoms with Gasteiger partial charge in [-0.1, -0.05) is 6.07 Å². The van der Waals surface area contributed by atoms with Crippen LogP contribution in [0.1, 0.15) is 23.2 Å². The summed E-state index contributed by atoms with van der Waals surface area (Å²) in [6.07, 6.45) is 2.21. The number of anilines is 1. The first-order valence-electron chi connectivity index (χ1n) is 6.59. The van der Waals surface area contributed by atoms with E-state index < -0.39 is 11.7 Å². The average molecular weight is 265 g/mol. The average Bonchev–Trinajstić information content (AvgIpc) is 2.39. The SMILES string of the molecule is CN(CC1CCNCC1)c1cccc(F)c1C(N)=O. The highest BCUT2D eigenvalue weighted by atomic mass is 19.1. The maximum Gasteiger partial charge on any atom is 0.253 e. The number of halogens is 1. The van der Waals surface area contributed by atoms with Crippen molar-refractivity contribution in [3.63, 3.8) is 0 Å². The van der Waals surface area contributed by atoms with E-state index in [-0.39, 0.29) is 5.56 Å². The van der Waals surface area contributed by atoms with E-state index >= 15 is 0 Å². The predicted octanol–water partition coefficient (Wildman–Crippen LogP) is 1.36. The van der Waals surface area contributed by atoms with Gasteiger partial charge in [-0.05, 0) is 44.0 Å². The molecule has 1 heterocycles. The van der Waals surface area contributed by atoms with E-state index in [1.165, 1.54) is 6.07 Å². The zero-order valence-corrected chi connectivity index (χ0v) is 11.2. The Kier molecular flexibility index (Phi) is 4.37. The molecule has 0 radical (unpaired) electrons. The van der Waals surface area contributed by atoms with E-state index in [4.69, 9.17) is 5.73 Å². The Bertz CT molecular complexity index is 458. The van der Waals surface area contributed by atoms with Crippen molar-refractivity contribution in [3.8, 4) is 0 Å². The lowest BCUT2D eigenvalue weighted by Gasteiger charge is -2.29. The molecule has 1 saturated heterocycles. The molecule has 1 aliphatic heterocycles. The number of piperidine rings is 1. The lowest BCUT2D eigenvalue weighted by Crippen LogP contribution is -2.35. The number of rotatable bonds is 4. The van der Waals surface area contributed by atoms with Crippen LogP contribution >= 0.6 is 0 Å². The number of amides is 1. The molecule has 1 aliphatic rings. The summed E-state index contributed by atoms with van der Waals surface area (Å²) < 4.78 is 13.7. The minimum absolute atomic E-state index is 0.0149. The zero-order chi connectivity index (χ0) is 13.8. The van der Waals surface area contributed by atoms with Crippen LogP contribution in [0.3, 0.4) is 0 Å². The summed E-state index contributed by atoms with van der Waals surface area (Å²) in [5, 5.41) is 3.31. The van der Waals surface area contributed by atoms with Gasteiger partial charge in [0.05, 0.1) is 11.3 Å². The second-order valence-electron chi connectivity index (χ2n) is 5.07. The zero-order valence-electron chi connectivity index (χ0n) is 11.2. The van der Waals surface area contributed by atoms with Gasteiger partial charge in [-0.15, -0.1) is 0 Å². The van der Waals surface area contributed by atoms with Crippen LogP contribution in [0.5, 0.6) is 0 Å². The number of carbonyl (C=O) groups is 1. The lowest BCUT2D eigenvalue weighted by atomic mass is 9.97. The number of hydrogen-bond acceptors (Lipinski definition) is 3. The van der Waals surface area contributed by atoms with Crippen molar-refractivity contribution in [2.45, 2.75) is 12.8 Å². The van der Waals surface area contributed by atoms with Crippen LogP contribution in [-0.4, -0.2) is 32.6 Å². The third kappa shape index (κ3) is 3.23. The van der Waals surface area contributed by atoms with Gasteiger partial charge in [0.1, 0.15) is 5.82 Å². The van der Waals surface area contributed by atoms with Gasteiger partial charge >= 0.3 is 0 Å². The van der Waals surface area contributed by atoms with Crippen molar-refractivity contribution < 1.29 is 9.18 Å². The summed E-state index contributed by atoms with van der Waals surface area (Å²) in [4.78, 5) is 13.3. The van der Waals surface area contributed by atoms with Gasteiger partial charge in [0.15, 0.2) is 0 Å². The quantitative estimate of drug-likeness (QED) is 0.864. The summed E-state index contributed by atoms with van der Waals surface area (Å²) >= 11 is 0. The van der Waals surface area contributed by atoms with E-state index in [9.17, 15) is 9.18 Å². The van der Waals surface area contributed by atoms with Crippen molar-refractivity contribution in [1.29, 1.82) is 0 Å². The van der Waals surface area contributed by atoms with E-state index in [1.54, 1.807) is 12.1 Å². The smallest absolute Gasteiger partial charge is 0.253 e. The lowest BCUT2D eigenvalue weighted by molar-refractivity contribution is 0.0997. The van der Waals surface area contributed by atoms with E-state index in [0.717, 1.165) is 32.5 Å². The molecule has 3 N–H and O–H groups in total. The van der Waals surface area contributed by atoms with Crippen LogP contribution in [0.25, 0.3) is 0 Å². The van der Waals surface area contributed by atoms with Gasteiger partial charge in [-0.2, -0.15) is 0 Å². The maximum atomic E-state index is 13.7. The number of primary amides is 1. The fraction of sp³-hybridized carbons (Fsp3) is 0.500. The molecule has 1 amide bonds. The third-order valence-electron chi connectivity index (χ3n) is 3.64. The minimum atomic E-state index is -0.717. The van der Waals surface area contributed by atoms with E-state index in [0.29, 0.717) is 11.6 Å². The molecule has 0 saturated carbocycles. The molecule has 1 aromatic carbocycles. The number of hydrogen-bond donors (Lipinski definition) is 2. The number of nitrogens with one attached hydrogen (secondary N) is 1. The number of carbonyl (C=O) groups excluding carboxylic acids is 1. The Balaban J connectivity index is 2.16. The molecule has 0 unspecified atom stereocenters. The summed E-state index contributed by atoms with van der Waals surface area (Å²) in [7, 11) is 1.88. The fourth-order valence-electron chi connectivity index (χ4n) is 2.62. The first-order valence-corrected chi connectivity index (χ1v) is 6.59. The minimum Gasteiger partial charge on any atom is -0.374 e. The Morgan fingerprint density at radius 3 is 2.79 bits per heavy atom. The van der Waals surface area contributed by atoms with Crippen LogP contribution in [0.15, 0.2) is 18.2 Å². The molecule has 0 spiro atoms. The molecular formula is C14H20FN3O. The van der Waals surface area contributed by atoms with Crippen molar-refractivity contribution in [1.82, 2.24) is 5.32 Å². The number of nitrogens with zero attached hydrogens (tertiary/aromatic N) is 1. The molecule has 1 aromatic rings. The molecule has 1 fully saturated rings. The highest BCUT2D eigenvalue weighted by molar-refractivity contribution is 5.98. The van der Waals surface area contributed by atoms with Gasteiger partial charge in [0, 0.05) is 13.6 Å². The second-order valence-corrected chi connectivity index (χ2v) is 5.07. The summed E-state index contributed by atoms with van der Waals surface area (Å²) in [5.41, 5.74) is 5.83. The van der Waals surface area contributed by atoms with E-state index in [1.807, 2.05) is 11.9 Å². The molecule has 104 valence electrons. The number of nitrogens with two attached hydrogens (primary N) is 1. The normalized spacial score (nSPS) is 16.3. The van der Waals surface area contributed by atoms with Crippen molar-refractivity contribution in [3.05, 3.63) is 29.6 Å². The molecule has 4 nitrogen and oxygen atoms in total. The highest BCUT2D eigenvalue weighted by Gasteiger charge is 2.20. The standard InChI is InChI=1S/C14H20FN3O/c1-18(9-10-5-7-17-8-6-10)12-4-2-3-11(15)13(12)14(16)19/h2-4,10,17H,5-9H2,1H3,(H2,16,19). The number of benzene rings is 1. The topological polar surface area (TPSA) is 58.4 Å². The van der Waals surface area contributed by atoms with Gasteiger partial charge in [0.2, 0.25) is 0 Å². The molecule has 5 heteroatoms. The molecule has 0 aromatic heterocycles. The first kappa shape index (κ1) is 13.8. The monoisotopic (exact) mass is 265 g/mol. The molecule has 0 atom stereocenters. The van der Waals surface area contributed by atoms with Crippen LogP contribution in [0, 0.1) is 11.7 Å². The van der Waals surface area contributed by atoms with Crippen LogP contribution in [0.4, 0.5) is 10.1 Å². The Morgan fingerprint density at radius 2 is 2.16 bits per heavy atom. The fourth-order valence-corrected chi connectivity index (χ4v) is 2.62. The van der Waals surface area contributed by atoms with Crippen molar-refractivity contribution in [2.24, 2.45) is 11.7 Å². The molecule has 0 bridgehead atoms. The molecule has 19 heavy (non-hydrogen) atoms. The van der Waals surface area contributed by atoms with Crippen LogP contribution < -0.4 is 16.0 Å². The Morgan fingerprint density at radius 1 is 1.47 bits per heavy atom. The van der Waals surface area contributed by atoms with E-state index in [2.05, 4.69) is 5.32 Å². The van der Waals surface area contributed by atoms with Crippen molar-refractivity contribution in [2.75, 3.05) is 31.6 Å². The second kappa shape index (κ2) is 6.02. The van der Waals surface area contributed by atoms with Crippen molar-refractivity contribution >= 4 is 11.6 Å². The van der Waals surface area contributed by atoms with Crippen LogP contribution in [0.2, 0.25) is 0 Å². The van der Waals surface area contributed by atoms with Gasteiger partial charge in [0.25, 0.3) is 5.91 Å². The summed E-state index contributed by atoms with van der Waals surface area (Å²) in [6.45, 7) is 2.85. The molecule has 0 aliphatic carbocycles. The third-order valence-corrected chi connectivity index (χ3v) is 3.64. The Labute approximate surface area is 112 Å². The molecular weight excluding hydrogens is 245 g/mol. The summed E-state index contributed by atoms with van der Waals surface area (Å²) in [5.74, 6) is -0.706. The van der Waals surface area contributed by atoms with Crippen LogP contribution in [-0.2, 0) is 0 Å². The van der Waals surface area contributed by atoms with Gasteiger partial charge in [-0.3, -0.25) is 4.79 Å². The highest BCUT2D eigenvalue weighted by Crippen LogP contribution is 2.24. The first-order chi connectivity index (χ1) is 9.09. The summed E-state index contributed by atoms with van der Waals surface area (Å²) in [6, 6.07) is 4.61.